The highest BCUT2D eigenvalue weighted by atomic mass is 16.3. The van der Waals surface area contributed by atoms with Crippen molar-refractivity contribution in [2.75, 3.05) is 6.54 Å². The molecule has 0 saturated carbocycles. The fraction of sp³-hybridized carbons (Fsp3) is 0.706. The molecule has 0 aromatic carbocycles. The molecule has 0 spiro atoms. The minimum Gasteiger partial charge on any atom is -0.464 e. The van der Waals surface area contributed by atoms with E-state index in [-0.39, 0.29) is 17.4 Å². The molecule has 120 valence electrons. The summed E-state index contributed by atoms with van der Waals surface area (Å²) in [6.45, 7) is 11.5. The third-order valence-corrected chi connectivity index (χ3v) is 3.90. The highest BCUT2D eigenvalue weighted by molar-refractivity contribution is 5.76. The van der Waals surface area contributed by atoms with Crippen molar-refractivity contribution in [3.05, 3.63) is 23.7 Å². The van der Waals surface area contributed by atoms with Crippen molar-refractivity contribution in [2.24, 2.45) is 11.1 Å². The molecule has 1 aromatic rings. The summed E-state index contributed by atoms with van der Waals surface area (Å²) < 4.78 is 5.59. The SMILES string of the molecule is Cc1ccc(CN(C(=O)CCC(C)(C)CCN)C(C)C)o1. The molecule has 0 aliphatic carbocycles. The molecule has 4 heteroatoms. The second-order valence-electron chi connectivity index (χ2n) is 6.83. The van der Waals surface area contributed by atoms with Gasteiger partial charge in [-0.1, -0.05) is 13.8 Å². The van der Waals surface area contributed by atoms with E-state index in [1.54, 1.807) is 0 Å². The second kappa shape index (κ2) is 7.64. The van der Waals surface area contributed by atoms with Crippen molar-refractivity contribution in [1.29, 1.82) is 0 Å². The first-order chi connectivity index (χ1) is 9.75. The van der Waals surface area contributed by atoms with Gasteiger partial charge in [0.2, 0.25) is 5.91 Å². The van der Waals surface area contributed by atoms with Gasteiger partial charge in [0, 0.05) is 12.5 Å². The molecular formula is C17H30N2O2. The Morgan fingerprint density at radius 2 is 2.00 bits per heavy atom. The average Bonchev–Trinajstić information content (AvgIpc) is 2.78. The summed E-state index contributed by atoms with van der Waals surface area (Å²) in [5, 5.41) is 0. The van der Waals surface area contributed by atoms with Crippen molar-refractivity contribution in [3.63, 3.8) is 0 Å². The lowest BCUT2D eigenvalue weighted by molar-refractivity contribution is -0.134. The molecule has 1 amide bonds. The fourth-order valence-electron chi connectivity index (χ4n) is 2.40. The van der Waals surface area contributed by atoms with Gasteiger partial charge < -0.3 is 15.1 Å². The minimum atomic E-state index is 0.119. The Kier molecular flexibility index (Phi) is 6.46. The second-order valence-corrected chi connectivity index (χ2v) is 6.83. The van der Waals surface area contributed by atoms with Crippen molar-refractivity contribution in [2.45, 2.75) is 66.5 Å². The van der Waals surface area contributed by atoms with Gasteiger partial charge in [-0.15, -0.1) is 0 Å². The van der Waals surface area contributed by atoms with E-state index in [1.165, 1.54) is 0 Å². The molecule has 0 fully saturated rings. The summed E-state index contributed by atoms with van der Waals surface area (Å²) in [5.74, 6) is 1.91. The van der Waals surface area contributed by atoms with Gasteiger partial charge in [-0.3, -0.25) is 4.79 Å². The van der Waals surface area contributed by atoms with Crippen LogP contribution in [0.15, 0.2) is 16.5 Å². The number of carbonyl (C=O) groups is 1. The van der Waals surface area contributed by atoms with Crippen molar-refractivity contribution in [3.8, 4) is 0 Å². The number of furan rings is 1. The first-order valence-corrected chi connectivity index (χ1v) is 7.80. The Hall–Kier alpha value is -1.29. The van der Waals surface area contributed by atoms with Crippen LogP contribution in [-0.2, 0) is 11.3 Å². The molecule has 4 nitrogen and oxygen atoms in total. The summed E-state index contributed by atoms with van der Waals surface area (Å²) in [5.41, 5.74) is 5.75. The van der Waals surface area contributed by atoms with Gasteiger partial charge in [0.15, 0.2) is 0 Å². The smallest absolute Gasteiger partial charge is 0.223 e. The predicted octanol–water partition coefficient (Wildman–Crippen LogP) is 3.48. The maximum Gasteiger partial charge on any atom is 0.223 e. The van der Waals surface area contributed by atoms with Crippen LogP contribution in [0.2, 0.25) is 0 Å². The van der Waals surface area contributed by atoms with E-state index in [0.717, 1.165) is 24.4 Å². The van der Waals surface area contributed by atoms with Crippen molar-refractivity contribution < 1.29 is 9.21 Å². The van der Waals surface area contributed by atoms with Crippen LogP contribution in [0, 0.1) is 12.3 Å². The first-order valence-electron chi connectivity index (χ1n) is 7.80. The van der Waals surface area contributed by atoms with Gasteiger partial charge in [0.1, 0.15) is 11.5 Å². The molecule has 0 aliphatic heterocycles. The molecule has 0 unspecified atom stereocenters. The summed E-state index contributed by atoms with van der Waals surface area (Å²) in [4.78, 5) is 14.4. The largest absolute Gasteiger partial charge is 0.464 e. The lowest BCUT2D eigenvalue weighted by Crippen LogP contribution is -2.36. The lowest BCUT2D eigenvalue weighted by Gasteiger charge is -2.29. The number of hydrogen-bond donors (Lipinski definition) is 1. The summed E-state index contributed by atoms with van der Waals surface area (Å²) in [6.07, 6.45) is 2.37. The number of nitrogens with zero attached hydrogens (tertiary/aromatic N) is 1. The third kappa shape index (κ3) is 5.92. The van der Waals surface area contributed by atoms with Gasteiger partial charge in [-0.05, 0) is 57.7 Å². The number of aryl methyl sites for hydroxylation is 1. The van der Waals surface area contributed by atoms with E-state index in [1.807, 2.05) is 37.8 Å². The van der Waals surface area contributed by atoms with Gasteiger partial charge in [-0.2, -0.15) is 0 Å². The molecule has 1 rings (SSSR count). The summed E-state index contributed by atoms with van der Waals surface area (Å²) >= 11 is 0. The zero-order chi connectivity index (χ0) is 16.0. The molecule has 0 bridgehead atoms. The van der Waals surface area contributed by atoms with Crippen LogP contribution in [0.3, 0.4) is 0 Å². The van der Waals surface area contributed by atoms with E-state index in [9.17, 15) is 4.79 Å². The van der Waals surface area contributed by atoms with Crippen LogP contribution in [-0.4, -0.2) is 23.4 Å². The topological polar surface area (TPSA) is 59.5 Å². The number of amides is 1. The van der Waals surface area contributed by atoms with Crippen LogP contribution in [0.4, 0.5) is 0 Å². The maximum absolute atomic E-state index is 12.5. The van der Waals surface area contributed by atoms with Gasteiger partial charge in [0.05, 0.1) is 6.54 Å². The molecule has 0 radical (unpaired) electrons. The van der Waals surface area contributed by atoms with E-state index in [0.29, 0.717) is 19.5 Å². The number of carbonyl (C=O) groups excluding carboxylic acids is 1. The fourth-order valence-corrected chi connectivity index (χ4v) is 2.40. The molecule has 0 atom stereocenters. The molecule has 2 N–H and O–H groups in total. The maximum atomic E-state index is 12.5. The highest BCUT2D eigenvalue weighted by Crippen LogP contribution is 2.26. The standard InChI is InChI=1S/C17H30N2O2/c1-13(2)19(12-15-7-6-14(3)21-15)16(20)8-9-17(4,5)10-11-18/h6-7,13H,8-12,18H2,1-5H3. The van der Waals surface area contributed by atoms with Crippen LogP contribution in [0.5, 0.6) is 0 Å². The van der Waals surface area contributed by atoms with Crippen LogP contribution >= 0.6 is 0 Å². The lowest BCUT2D eigenvalue weighted by atomic mass is 9.84. The Labute approximate surface area is 128 Å². The summed E-state index contributed by atoms with van der Waals surface area (Å²) in [7, 11) is 0. The molecule has 0 aliphatic rings. The first kappa shape index (κ1) is 17.8. The van der Waals surface area contributed by atoms with E-state index in [4.69, 9.17) is 10.2 Å². The zero-order valence-electron chi connectivity index (χ0n) is 14.1. The molecule has 1 aromatic heterocycles. The number of rotatable bonds is 8. The Bertz CT molecular complexity index is 449. The van der Waals surface area contributed by atoms with Crippen molar-refractivity contribution >= 4 is 5.91 Å². The quantitative estimate of drug-likeness (QED) is 0.798. The van der Waals surface area contributed by atoms with Gasteiger partial charge in [-0.25, -0.2) is 0 Å². The Morgan fingerprint density at radius 3 is 2.48 bits per heavy atom. The minimum absolute atomic E-state index is 0.119. The van der Waals surface area contributed by atoms with E-state index >= 15 is 0 Å². The van der Waals surface area contributed by atoms with Crippen LogP contribution < -0.4 is 5.73 Å². The van der Waals surface area contributed by atoms with Crippen molar-refractivity contribution in [1.82, 2.24) is 4.90 Å². The van der Waals surface area contributed by atoms with Crippen LogP contribution in [0.1, 0.15) is 58.5 Å². The predicted molar refractivity (Wildman–Crippen MR) is 85.8 cm³/mol. The van der Waals surface area contributed by atoms with E-state index in [2.05, 4.69) is 13.8 Å². The zero-order valence-corrected chi connectivity index (χ0v) is 14.1. The highest BCUT2D eigenvalue weighted by Gasteiger charge is 2.23. The monoisotopic (exact) mass is 294 g/mol. The van der Waals surface area contributed by atoms with Gasteiger partial charge in [0.25, 0.3) is 0 Å². The molecule has 0 saturated heterocycles. The van der Waals surface area contributed by atoms with E-state index < -0.39 is 0 Å². The number of hydrogen-bond acceptors (Lipinski definition) is 3. The molecule has 1 heterocycles. The Morgan fingerprint density at radius 1 is 1.33 bits per heavy atom. The Balaban J connectivity index is 2.61. The van der Waals surface area contributed by atoms with Crippen LogP contribution in [0.25, 0.3) is 0 Å². The normalized spacial score (nSPS) is 12.0. The molecular weight excluding hydrogens is 264 g/mol. The number of nitrogens with two attached hydrogens (primary N) is 1. The third-order valence-electron chi connectivity index (χ3n) is 3.90. The van der Waals surface area contributed by atoms with Gasteiger partial charge >= 0.3 is 0 Å². The summed E-state index contributed by atoms with van der Waals surface area (Å²) in [6, 6.07) is 4.04. The average molecular weight is 294 g/mol. The molecule has 21 heavy (non-hydrogen) atoms.